The monoisotopic (exact) mass is 805 g/mol. The third-order valence-corrected chi connectivity index (χ3v) is 12.3. The molecule has 0 spiro atoms. The summed E-state index contributed by atoms with van der Waals surface area (Å²) < 4.78 is 6.31. The van der Waals surface area contributed by atoms with Gasteiger partial charge in [-0.1, -0.05) is 194 Å². The quantitative estimate of drug-likeness (QED) is 0.144. The number of hydrogen-bond donors (Lipinski definition) is 0. The van der Waals surface area contributed by atoms with E-state index < -0.39 is 0 Å². The Bertz CT molecular complexity index is 3380. The molecule has 0 amide bonds. The molecule has 0 unspecified atom stereocenters. The maximum Gasteiger partial charge on any atom is 0.138 e. The van der Waals surface area contributed by atoms with Crippen molar-refractivity contribution < 1.29 is 4.42 Å². The van der Waals surface area contributed by atoms with Crippen LogP contribution < -0.4 is 4.90 Å². The summed E-state index contributed by atoms with van der Waals surface area (Å²) in [7, 11) is 0. The van der Waals surface area contributed by atoms with Gasteiger partial charge in [-0.25, -0.2) is 0 Å². The minimum Gasteiger partial charge on any atom is -0.456 e. The summed E-state index contributed by atoms with van der Waals surface area (Å²) >= 11 is 0. The van der Waals surface area contributed by atoms with Crippen molar-refractivity contribution in [3.05, 3.63) is 248 Å². The van der Waals surface area contributed by atoms with Gasteiger partial charge in [0.1, 0.15) is 11.3 Å². The van der Waals surface area contributed by atoms with Gasteiger partial charge in [0.25, 0.3) is 0 Å². The molecule has 10 aromatic carbocycles. The predicted molar refractivity (Wildman–Crippen MR) is 266 cm³/mol. The molecule has 2 heteroatoms. The number of aryl methyl sites for hydroxylation is 1. The molecule has 0 aliphatic rings. The van der Waals surface area contributed by atoms with Gasteiger partial charge in [-0.3, -0.25) is 0 Å². The fourth-order valence-electron chi connectivity index (χ4n) is 9.06. The summed E-state index contributed by atoms with van der Waals surface area (Å²) in [5, 5.41) is 3.59. The van der Waals surface area contributed by atoms with E-state index in [-0.39, 0.29) is 0 Å². The topological polar surface area (TPSA) is 16.4 Å². The fourth-order valence-corrected chi connectivity index (χ4v) is 9.06. The minimum atomic E-state index is 0.919. The second-order valence-corrected chi connectivity index (χ2v) is 16.1. The van der Waals surface area contributed by atoms with Gasteiger partial charge in [0, 0.05) is 33.6 Å². The van der Waals surface area contributed by atoms with Crippen molar-refractivity contribution in [2.24, 2.45) is 0 Å². The highest BCUT2D eigenvalue weighted by Crippen LogP contribution is 2.42. The van der Waals surface area contributed by atoms with Crippen LogP contribution in [0.25, 0.3) is 88.7 Å². The van der Waals surface area contributed by atoms with E-state index in [9.17, 15) is 0 Å². The van der Waals surface area contributed by atoms with Crippen LogP contribution in [0.1, 0.15) is 5.56 Å². The molecule has 11 aromatic rings. The Balaban J connectivity index is 0.908. The van der Waals surface area contributed by atoms with Crippen LogP contribution in [0.3, 0.4) is 0 Å². The van der Waals surface area contributed by atoms with Crippen molar-refractivity contribution in [2.75, 3.05) is 4.90 Å². The molecule has 0 saturated carbocycles. The molecule has 1 heterocycles. The highest BCUT2D eigenvalue weighted by molar-refractivity contribution is 5.94. The largest absolute Gasteiger partial charge is 0.456 e. The standard InChI is InChI=1S/C61H43NO/c1-42-55-20-11-12-25-60(55)63-61(42)51-19-13-18-49(40-51)46-28-26-44(27-29-46)45-30-35-52(36-31-45)62(54-39-32-43-14-5-6-17-50(43)41-54)53-37-33-48(34-38-53)57-22-8-10-24-59(57)58-23-9-7-21-56(58)47-15-3-2-4-16-47/h2-41H,1H3. The van der Waals surface area contributed by atoms with Crippen LogP contribution in [0.5, 0.6) is 0 Å². The Morgan fingerprint density at radius 2 is 0.762 bits per heavy atom. The van der Waals surface area contributed by atoms with Crippen molar-refractivity contribution in [1.29, 1.82) is 0 Å². The lowest BCUT2D eigenvalue weighted by atomic mass is 9.89. The average molecular weight is 806 g/mol. The summed E-state index contributed by atoms with van der Waals surface area (Å²) in [6.45, 7) is 2.14. The van der Waals surface area contributed by atoms with Gasteiger partial charge >= 0.3 is 0 Å². The zero-order valence-corrected chi connectivity index (χ0v) is 34.9. The molecule has 0 aliphatic heterocycles. The van der Waals surface area contributed by atoms with Gasteiger partial charge in [-0.05, 0) is 122 Å². The fraction of sp³-hybridized carbons (Fsp3) is 0.0164. The first kappa shape index (κ1) is 37.8. The molecule has 298 valence electrons. The number of hydrogen-bond acceptors (Lipinski definition) is 2. The normalized spacial score (nSPS) is 11.3. The molecule has 0 aliphatic carbocycles. The van der Waals surface area contributed by atoms with Crippen LogP contribution in [-0.4, -0.2) is 0 Å². The zero-order valence-electron chi connectivity index (χ0n) is 34.9. The average Bonchev–Trinajstić information content (AvgIpc) is 3.70. The van der Waals surface area contributed by atoms with Crippen LogP contribution in [-0.2, 0) is 0 Å². The van der Waals surface area contributed by atoms with Gasteiger partial charge in [-0.15, -0.1) is 0 Å². The Hall–Kier alpha value is -8.20. The Morgan fingerprint density at radius 3 is 1.41 bits per heavy atom. The Kier molecular flexibility index (Phi) is 9.80. The van der Waals surface area contributed by atoms with Crippen LogP contribution in [0.15, 0.2) is 247 Å². The third kappa shape index (κ3) is 7.28. The summed E-state index contributed by atoms with van der Waals surface area (Å²) in [5.41, 5.74) is 18.4. The van der Waals surface area contributed by atoms with E-state index in [2.05, 4.69) is 242 Å². The van der Waals surface area contributed by atoms with Crippen molar-refractivity contribution in [1.82, 2.24) is 0 Å². The SMILES string of the molecule is Cc1c(-c2cccc(-c3ccc(-c4ccc(N(c5ccc(-c6ccccc6-c6ccccc6-c6ccccc6)cc5)c5ccc6ccccc6c5)cc4)cc3)c2)oc2ccccc12. The zero-order chi connectivity index (χ0) is 42.1. The predicted octanol–water partition coefficient (Wildman–Crippen LogP) is 17.4. The first-order valence-electron chi connectivity index (χ1n) is 21.6. The van der Waals surface area contributed by atoms with E-state index >= 15 is 0 Å². The summed E-state index contributed by atoms with van der Waals surface area (Å²) in [6.07, 6.45) is 0. The molecule has 0 radical (unpaired) electrons. The lowest BCUT2D eigenvalue weighted by Crippen LogP contribution is -2.09. The number of nitrogens with zero attached hydrogens (tertiary/aromatic N) is 1. The van der Waals surface area contributed by atoms with E-state index in [1.165, 1.54) is 60.8 Å². The molecule has 11 rings (SSSR count). The number of fused-ring (bicyclic) bond motifs is 2. The van der Waals surface area contributed by atoms with E-state index in [1.54, 1.807) is 0 Å². The Labute approximate surface area is 368 Å². The highest BCUT2D eigenvalue weighted by Gasteiger charge is 2.17. The second-order valence-electron chi connectivity index (χ2n) is 16.1. The Morgan fingerprint density at radius 1 is 0.302 bits per heavy atom. The van der Waals surface area contributed by atoms with Crippen molar-refractivity contribution >= 4 is 38.8 Å². The smallest absolute Gasteiger partial charge is 0.138 e. The van der Waals surface area contributed by atoms with Crippen LogP contribution >= 0.6 is 0 Å². The number of benzene rings is 10. The molecule has 0 atom stereocenters. The van der Waals surface area contributed by atoms with Crippen LogP contribution in [0, 0.1) is 6.92 Å². The van der Waals surface area contributed by atoms with Gasteiger partial charge in [0.15, 0.2) is 0 Å². The molecular weight excluding hydrogens is 763 g/mol. The van der Waals surface area contributed by atoms with Gasteiger partial charge in [-0.2, -0.15) is 0 Å². The molecule has 0 bridgehead atoms. The van der Waals surface area contributed by atoms with Crippen molar-refractivity contribution in [3.63, 3.8) is 0 Å². The van der Waals surface area contributed by atoms with E-state index in [0.717, 1.165) is 50.5 Å². The number of para-hydroxylation sites is 1. The number of anilines is 3. The lowest BCUT2D eigenvalue weighted by Gasteiger charge is -2.26. The molecule has 1 aromatic heterocycles. The van der Waals surface area contributed by atoms with Crippen LogP contribution in [0.2, 0.25) is 0 Å². The molecule has 63 heavy (non-hydrogen) atoms. The molecule has 0 N–H and O–H groups in total. The molecular formula is C61H43NO. The summed E-state index contributed by atoms with van der Waals surface area (Å²) in [5.74, 6) is 0.925. The van der Waals surface area contributed by atoms with Gasteiger partial charge in [0.2, 0.25) is 0 Å². The van der Waals surface area contributed by atoms with Crippen molar-refractivity contribution in [3.8, 4) is 67.0 Å². The second kappa shape index (κ2) is 16.3. The third-order valence-electron chi connectivity index (χ3n) is 12.3. The molecule has 0 fully saturated rings. The molecule has 0 saturated heterocycles. The van der Waals surface area contributed by atoms with Gasteiger partial charge in [0.05, 0.1) is 0 Å². The highest BCUT2D eigenvalue weighted by atomic mass is 16.3. The van der Waals surface area contributed by atoms with Gasteiger partial charge < -0.3 is 9.32 Å². The molecule has 2 nitrogen and oxygen atoms in total. The van der Waals surface area contributed by atoms with E-state index in [0.29, 0.717) is 0 Å². The maximum absolute atomic E-state index is 6.31. The first-order valence-corrected chi connectivity index (χ1v) is 21.6. The summed E-state index contributed by atoms with van der Waals surface area (Å²) in [6, 6.07) is 87.1. The lowest BCUT2D eigenvalue weighted by molar-refractivity contribution is 0.629. The van der Waals surface area contributed by atoms with Crippen LogP contribution in [0.4, 0.5) is 17.1 Å². The van der Waals surface area contributed by atoms with Crippen molar-refractivity contribution in [2.45, 2.75) is 6.92 Å². The minimum absolute atomic E-state index is 0.919. The van der Waals surface area contributed by atoms with E-state index in [1.807, 2.05) is 12.1 Å². The maximum atomic E-state index is 6.31. The van der Waals surface area contributed by atoms with E-state index in [4.69, 9.17) is 4.42 Å². The summed E-state index contributed by atoms with van der Waals surface area (Å²) in [4.78, 5) is 2.36. The first-order chi connectivity index (χ1) is 31.1. The number of rotatable bonds is 9. The number of furan rings is 1.